The third-order valence-electron chi connectivity index (χ3n) is 9.75. The monoisotopic (exact) mass is 545 g/mol. The maximum absolute atomic E-state index is 13.7. The number of nitrogens with zero attached hydrogens (tertiary/aromatic N) is 2. The quantitative estimate of drug-likeness (QED) is 0.353. The molecular formula is C35H35N3O3. The number of piperidine rings is 1. The van der Waals surface area contributed by atoms with E-state index in [2.05, 4.69) is 45.5 Å². The van der Waals surface area contributed by atoms with Crippen molar-refractivity contribution in [3.05, 3.63) is 107 Å². The van der Waals surface area contributed by atoms with E-state index in [1.54, 1.807) is 13.3 Å². The minimum atomic E-state index is -0.0545. The zero-order chi connectivity index (χ0) is 28.0. The molecule has 1 fully saturated rings. The Kier molecular flexibility index (Phi) is 6.49. The number of ether oxygens (including phenoxy) is 1. The molecule has 1 aromatic heterocycles. The first kappa shape index (κ1) is 25.8. The van der Waals surface area contributed by atoms with Crippen LogP contribution < -0.4 is 10.1 Å². The summed E-state index contributed by atoms with van der Waals surface area (Å²) in [5.41, 5.74) is 5.68. The molecule has 2 amide bonds. The van der Waals surface area contributed by atoms with Gasteiger partial charge in [0.15, 0.2) is 0 Å². The number of amides is 2. The Morgan fingerprint density at radius 2 is 1.85 bits per heavy atom. The van der Waals surface area contributed by atoms with Crippen LogP contribution in [0.1, 0.15) is 64.3 Å². The fourth-order valence-electron chi connectivity index (χ4n) is 7.53. The van der Waals surface area contributed by atoms with Crippen LogP contribution in [0.2, 0.25) is 0 Å². The van der Waals surface area contributed by atoms with Crippen LogP contribution in [-0.2, 0) is 23.1 Å². The SMILES string of the molecule is COc1cccc2c1CC(C(=O)N1CCC3(CC1)CC(NC(=O)c1ccc4cnccc4c1)c1ccccc13)CC2. The van der Waals surface area contributed by atoms with Crippen molar-refractivity contribution < 1.29 is 14.3 Å². The molecule has 6 heteroatoms. The minimum absolute atomic E-state index is 0.00786. The molecule has 2 heterocycles. The van der Waals surface area contributed by atoms with Crippen LogP contribution in [0.4, 0.5) is 0 Å². The van der Waals surface area contributed by atoms with Gasteiger partial charge < -0.3 is 15.0 Å². The average molecular weight is 546 g/mol. The lowest BCUT2D eigenvalue weighted by atomic mass is 9.73. The topological polar surface area (TPSA) is 71.5 Å². The highest BCUT2D eigenvalue weighted by Gasteiger charge is 2.47. The van der Waals surface area contributed by atoms with E-state index in [9.17, 15) is 9.59 Å². The zero-order valence-corrected chi connectivity index (χ0v) is 23.4. The number of benzene rings is 3. The first-order chi connectivity index (χ1) is 20.0. The van der Waals surface area contributed by atoms with E-state index in [0.717, 1.165) is 68.1 Å². The molecule has 2 atom stereocenters. The molecule has 1 spiro atoms. The van der Waals surface area contributed by atoms with Crippen molar-refractivity contribution in [2.45, 2.75) is 50.0 Å². The highest BCUT2D eigenvalue weighted by molar-refractivity contribution is 5.98. The van der Waals surface area contributed by atoms with Gasteiger partial charge in [-0.3, -0.25) is 14.6 Å². The summed E-state index contributed by atoms with van der Waals surface area (Å²) in [5.74, 6) is 1.13. The molecule has 3 aliphatic rings. The van der Waals surface area contributed by atoms with E-state index in [1.165, 1.54) is 22.3 Å². The molecule has 41 heavy (non-hydrogen) atoms. The molecule has 7 rings (SSSR count). The minimum Gasteiger partial charge on any atom is -0.496 e. The van der Waals surface area contributed by atoms with Gasteiger partial charge in [0.1, 0.15) is 5.75 Å². The summed E-state index contributed by atoms with van der Waals surface area (Å²) in [6, 6.07) is 22.4. The van der Waals surface area contributed by atoms with E-state index in [0.29, 0.717) is 5.56 Å². The molecule has 2 unspecified atom stereocenters. The predicted molar refractivity (Wildman–Crippen MR) is 159 cm³/mol. The summed E-state index contributed by atoms with van der Waals surface area (Å²) in [4.78, 5) is 33.3. The normalized spacial score (nSPS) is 20.9. The number of aryl methyl sites for hydroxylation is 1. The molecule has 1 aliphatic heterocycles. The predicted octanol–water partition coefficient (Wildman–Crippen LogP) is 5.78. The van der Waals surface area contributed by atoms with Crippen LogP contribution in [0.3, 0.4) is 0 Å². The molecule has 4 aromatic rings. The van der Waals surface area contributed by atoms with Crippen molar-refractivity contribution in [2.24, 2.45) is 5.92 Å². The third kappa shape index (κ3) is 4.55. The van der Waals surface area contributed by atoms with Gasteiger partial charge in [-0.2, -0.15) is 0 Å². The Morgan fingerprint density at radius 1 is 1.00 bits per heavy atom. The first-order valence-corrected chi connectivity index (χ1v) is 14.7. The largest absolute Gasteiger partial charge is 0.496 e. The Labute approximate surface area is 240 Å². The van der Waals surface area contributed by atoms with Crippen LogP contribution in [0.15, 0.2) is 79.1 Å². The summed E-state index contributed by atoms with van der Waals surface area (Å²) in [6.45, 7) is 1.50. The third-order valence-corrected chi connectivity index (χ3v) is 9.75. The van der Waals surface area contributed by atoms with E-state index < -0.39 is 0 Å². The highest BCUT2D eigenvalue weighted by Crippen LogP contribution is 2.51. The molecule has 2 aliphatic carbocycles. The molecular weight excluding hydrogens is 510 g/mol. The van der Waals surface area contributed by atoms with Gasteiger partial charge in [-0.15, -0.1) is 0 Å². The standard InChI is InChI=1S/C35H35N3O3/c1-41-32-8-4-5-23-9-11-26(20-29(23)32)34(40)38-17-14-35(15-18-38)21-31(28-6-2-3-7-30(28)35)37-33(39)25-10-12-27-22-36-16-13-24(27)19-25/h2-8,10,12-13,16,19,22,26,31H,9,11,14-15,17-18,20-21H2,1H3,(H,37,39). The molecule has 3 aromatic carbocycles. The van der Waals surface area contributed by atoms with Gasteiger partial charge in [-0.25, -0.2) is 0 Å². The van der Waals surface area contributed by atoms with Gasteiger partial charge in [0.2, 0.25) is 5.91 Å². The summed E-state index contributed by atoms with van der Waals surface area (Å²) >= 11 is 0. The van der Waals surface area contributed by atoms with Crippen molar-refractivity contribution in [3.63, 3.8) is 0 Å². The molecule has 0 saturated carbocycles. The fraction of sp³-hybridized carbons (Fsp3) is 0.343. The number of likely N-dealkylation sites (tertiary alicyclic amines) is 1. The molecule has 0 bridgehead atoms. The number of nitrogens with one attached hydrogen (secondary N) is 1. The fourth-order valence-corrected chi connectivity index (χ4v) is 7.53. The maximum Gasteiger partial charge on any atom is 0.251 e. The lowest BCUT2D eigenvalue weighted by molar-refractivity contribution is -0.137. The second kappa shape index (κ2) is 10.3. The van der Waals surface area contributed by atoms with E-state index in [-0.39, 0.29) is 29.2 Å². The number of carbonyl (C=O) groups excluding carboxylic acids is 2. The molecule has 0 radical (unpaired) electrons. The molecule has 6 nitrogen and oxygen atoms in total. The van der Waals surface area contributed by atoms with Crippen LogP contribution in [0.25, 0.3) is 10.8 Å². The second-order valence-electron chi connectivity index (χ2n) is 11.9. The number of carbonyl (C=O) groups is 2. The van der Waals surface area contributed by atoms with E-state index >= 15 is 0 Å². The van der Waals surface area contributed by atoms with Gasteiger partial charge >= 0.3 is 0 Å². The maximum atomic E-state index is 13.7. The Balaban J connectivity index is 1.05. The summed E-state index contributed by atoms with van der Waals surface area (Å²) in [5, 5.41) is 5.37. The summed E-state index contributed by atoms with van der Waals surface area (Å²) < 4.78 is 5.61. The Hall–Kier alpha value is -4.19. The van der Waals surface area contributed by atoms with Gasteiger partial charge in [0.25, 0.3) is 5.91 Å². The second-order valence-corrected chi connectivity index (χ2v) is 11.9. The molecule has 1 N–H and O–H groups in total. The first-order valence-electron chi connectivity index (χ1n) is 14.7. The number of methoxy groups -OCH3 is 1. The van der Waals surface area contributed by atoms with Crippen LogP contribution in [0.5, 0.6) is 5.75 Å². The van der Waals surface area contributed by atoms with Gasteiger partial charge in [-0.1, -0.05) is 42.5 Å². The van der Waals surface area contributed by atoms with E-state index in [1.807, 2.05) is 42.6 Å². The summed E-state index contributed by atoms with van der Waals surface area (Å²) in [7, 11) is 1.71. The average Bonchev–Trinajstić information content (AvgIpc) is 3.32. The Bertz CT molecular complexity index is 1620. The van der Waals surface area contributed by atoms with Crippen molar-refractivity contribution in [2.75, 3.05) is 20.2 Å². The highest BCUT2D eigenvalue weighted by atomic mass is 16.5. The van der Waals surface area contributed by atoms with Crippen molar-refractivity contribution in [1.29, 1.82) is 0 Å². The number of pyridine rings is 1. The number of rotatable bonds is 4. The van der Waals surface area contributed by atoms with Gasteiger partial charge in [0.05, 0.1) is 13.2 Å². The van der Waals surface area contributed by atoms with Crippen LogP contribution in [0, 0.1) is 5.92 Å². The molecule has 1 saturated heterocycles. The van der Waals surface area contributed by atoms with Crippen molar-refractivity contribution in [1.82, 2.24) is 15.2 Å². The van der Waals surface area contributed by atoms with Gasteiger partial charge in [-0.05, 0) is 90.4 Å². The molecule has 208 valence electrons. The van der Waals surface area contributed by atoms with Crippen LogP contribution in [-0.4, -0.2) is 41.9 Å². The number of fused-ring (bicyclic) bond motifs is 4. The van der Waals surface area contributed by atoms with Crippen molar-refractivity contribution >= 4 is 22.6 Å². The van der Waals surface area contributed by atoms with E-state index in [4.69, 9.17) is 4.74 Å². The lowest BCUT2D eigenvalue weighted by Crippen LogP contribution is -2.47. The summed E-state index contributed by atoms with van der Waals surface area (Å²) in [6.07, 6.45) is 8.83. The van der Waals surface area contributed by atoms with Crippen LogP contribution >= 0.6 is 0 Å². The zero-order valence-electron chi connectivity index (χ0n) is 23.4. The lowest BCUT2D eigenvalue weighted by Gasteiger charge is -2.42. The van der Waals surface area contributed by atoms with Gasteiger partial charge in [0, 0.05) is 47.8 Å². The Morgan fingerprint density at radius 3 is 2.71 bits per heavy atom. The number of hydrogen-bond acceptors (Lipinski definition) is 4. The number of aromatic nitrogens is 1. The smallest absolute Gasteiger partial charge is 0.251 e. The number of hydrogen-bond donors (Lipinski definition) is 1. The van der Waals surface area contributed by atoms with Crippen molar-refractivity contribution in [3.8, 4) is 5.75 Å².